The van der Waals surface area contributed by atoms with Gasteiger partial charge in [-0.05, 0) is 49.3 Å². The number of halogens is 7. The molecule has 0 bridgehead atoms. The van der Waals surface area contributed by atoms with E-state index in [0.29, 0.717) is 0 Å². The number of anilines is 1. The fourth-order valence-corrected chi connectivity index (χ4v) is 8.41. The minimum absolute atomic E-state index is 0.0410. The van der Waals surface area contributed by atoms with Crippen molar-refractivity contribution in [1.82, 2.24) is 4.90 Å². The Balaban J connectivity index is 1.53. The highest BCUT2D eigenvalue weighted by atomic mass is 35.5. The Bertz CT molecular complexity index is 1830. The zero-order valence-electron chi connectivity index (χ0n) is 24.1. The summed E-state index contributed by atoms with van der Waals surface area (Å²) >= 11 is 14.1. The van der Waals surface area contributed by atoms with E-state index < -0.39 is 104 Å². The van der Waals surface area contributed by atoms with Gasteiger partial charge in [-0.15, -0.1) is 23.2 Å². The number of hydrogen-bond acceptors (Lipinski definition) is 6. The van der Waals surface area contributed by atoms with E-state index in [2.05, 4.69) is 0 Å². The zero-order valence-corrected chi connectivity index (χ0v) is 25.6. The van der Waals surface area contributed by atoms with E-state index in [1.807, 2.05) is 0 Å². The smallest absolute Gasteiger partial charge is 0.303 e. The summed E-state index contributed by atoms with van der Waals surface area (Å²) in [6.07, 6.45) is 0.475. The first-order valence-electron chi connectivity index (χ1n) is 14.3. The van der Waals surface area contributed by atoms with Gasteiger partial charge in [-0.1, -0.05) is 23.8 Å². The van der Waals surface area contributed by atoms with Crippen molar-refractivity contribution in [3.63, 3.8) is 0 Å². The van der Waals surface area contributed by atoms with Crippen LogP contribution in [0.15, 0.2) is 29.8 Å². The lowest BCUT2D eigenvalue weighted by molar-refractivity contribution is -0.142. The monoisotopic (exact) mass is 700 g/mol. The lowest BCUT2D eigenvalue weighted by Crippen LogP contribution is -2.60. The zero-order chi connectivity index (χ0) is 34.5. The Morgan fingerprint density at radius 1 is 0.936 bits per heavy atom. The third-order valence-electron chi connectivity index (χ3n) is 9.64. The molecule has 0 radical (unpaired) electrons. The maximum Gasteiger partial charge on any atom is 0.303 e. The number of benzene rings is 2. The number of carbonyl (C=O) groups is 5. The quantitative estimate of drug-likeness (QED) is 0.110. The van der Waals surface area contributed by atoms with Crippen LogP contribution in [0.2, 0.25) is 0 Å². The molecule has 2 N–H and O–H groups in total. The maximum absolute atomic E-state index is 15.1. The molecule has 9 nitrogen and oxygen atoms in total. The number of allylic oxidation sites excluding steroid dienone is 2. The van der Waals surface area contributed by atoms with Crippen molar-refractivity contribution in [2.75, 3.05) is 11.4 Å². The van der Waals surface area contributed by atoms with Crippen LogP contribution in [0.4, 0.5) is 27.6 Å². The molecular weight excluding hydrogens is 678 g/mol. The molecule has 0 spiro atoms. The van der Waals surface area contributed by atoms with E-state index in [0.717, 1.165) is 4.90 Å². The molecule has 2 heterocycles. The number of rotatable bonds is 6. The Kier molecular flexibility index (Phi) is 7.70. The number of carboxylic acids is 1. The van der Waals surface area contributed by atoms with Crippen LogP contribution in [0, 0.1) is 53.8 Å². The second-order valence-corrected chi connectivity index (χ2v) is 13.3. The number of imide groups is 2. The van der Waals surface area contributed by atoms with Crippen LogP contribution in [0.1, 0.15) is 42.7 Å². The van der Waals surface area contributed by atoms with Crippen LogP contribution in [-0.4, -0.2) is 61.0 Å². The predicted molar refractivity (Wildman–Crippen MR) is 153 cm³/mol. The van der Waals surface area contributed by atoms with Crippen LogP contribution in [0.3, 0.4) is 0 Å². The highest BCUT2D eigenvalue weighted by molar-refractivity contribution is 6.58. The number of aliphatic carboxylic acids is 1. The molecule has 2 aromatic rings. The third kappa shape index (κ3) is 4.36. The van der Waals surface area contributed by atoms with Gasteiger partial charge in [-0.3, -0.25) is 28.9 Å². The molecule has 2 saturated heterocycles. The maximum atomic E-state index is 15.1. The summed E-state index contributed by atoms with van der Waals surface area (Å²) in [5.41, 5.74) is -1.19. The highest BCUT2D eigenvalue weighted by Gasteiger charge is 2.77. The number of aromatic hydroxyl groups is 1. The molecule has 2 aliphatic heterocycles. The molecule has 47 heavy (non-hydrogen) atoms. The summed E-state index contributed by atoms with van der Waals surface area (Å²) in [4.78, 5) is 61.8. The van der Waals surface area contributed by atoms with Crippen molar-refractivity contribution in [2.45, 2.75) is 48.3 Å². The first-order chi connectivity index (χ1) is 22.0. The summed E-state index contributed by atoms with van der Waals surface area (Å²) in [6.45, 7) is 1.28. The Labute approximate surface area is 272 Å². The van der Waals surface area contributed by atoms with Gasteiger partial charge >= 0.3 is 5.97 Å². The normalized spacial score (nSPS) is 30.0. The van der Waals surface area contributed by atoms with Crippen LogP contribution in [0.5, 0.6) is 5.75 Å². The number of likely N-dealkylation sites (tertiary alicyclic amines) is 1. The Morgan fingerprint density at radius 3 is 2.15 bits per heavy atom. The van der Waals surface area contributed by atoms with Crippen LogP contribution >= 0.6 is 23.2 Å². The molecule has 4 amide bonds. The molecule has 6 rings (SSSR count). The minimum Gasteiger partial charge on any atom is -0.508 e. The predicted octanol–water partition coefficient (Wildman–Crippen LogP) is 4.82. The molecular formula is C31H23Cl2F5N2O7. The first kappa shape index (κ1) is 32.9. The van der Waals surface area contributed by atoms with Crippen molar-refractivity contribution < 1.29 is 56.1 Å². The van der Waals surface area contributed by atoms with Gasteiger partial charge < -0.3 is 10.2 Å². The molecule has 1 saturated carbocycles. The number of carboxylic acid groups (broad SMARTS) is 1. The number of aryl methyl sites for hydroxylation is 1. The van der Waals surface area contributed by atoms with E-state index in [-0.39, 0.29) is 53.2 Å². The average molecular weight is 701 g/mol. The van der Waals surface area contributed by atoms with Crippen molar-refractivity contribution in [3.8, 4) is 5.75 Å². The highest BCUT2D eigenvalue weighted by Crippen LogP contribution is 2.66. The molecule has 0 unspecified atom stereocenters. The SMILES string of the molecule is Cc1cc([C@H]2C3=CC[C@@H]4C(=O)N(CCCC(=O)O)C(=O)[C@@H]4[C@@H]3C[C@@]3(Cl)C(=O)N(c4c(F)c(F)c(F)c(F)c4F)C(=O)[C@@]23Cl)ccc1O. The second kappa shape index (κ2) is 11.0. The summed E-state index contributed by atoms with van der Waals surface area (Å²) in [5, 5.41) is 19.2. The lowest BCUT2D eigenvalue weighted by atomic mass is 9.56. The van der Waals surface area contributed by atoms with Gasteiger partial charge in [-0.2, -0.15) is 0 Å². The van der Waals surface area contributed by atoms with E-state index in [1.54, 1.807) is 6.08 Å². The van der Waals surface area contributed by atoms with Gasteiger partial charge in [0.2, 0.25) is 17.6 Å². The van der Waals surface area contributed by atoms with Crippen LogP contribution < -0.4 is 4.90 Å². The Morgan fingerprint density at radius 2 is 1.55 bits per heavy atom. The molecule has 16 heteroatoms. The summed E-state index contributed by atoms with van der Waals surface area (Å²) < 4.78 is 72.7. The van der Waals surface area contributed by atoms with E-state index >= 15 is 8.78 Å². The number of hydrogen-bond donors (Lipinski definition) is 2. The fourth-order valence-electron chi connectivity index (χ4n) is 7.47. The summed E-state index contributed by atoms with van der Waals surface area (Å²) in [5.74, 6) is -22.9. The van der Waals surface area contributed by atoms with Crippen molar-refractivity contribution >= 4 is 58.5 Å². The number of amides is 4. The van der Waals surface area contributed by atoms with Gasteiger partial charge in [0.15, 0.2) is 33.0 Å². The van der Waals surface area contributed by atoms with Gasteiger partial charge in [0, 0.05) is 18.9 Å². The fraction of sp³-hybridized carbons (Fsp3) is 0.387. The molecule has 6 atom stereocenters. The standard InChI is InChI=1S/C31H23Cl2F5N2O7/c1-11-9-12(4-7-16(11)41)19-13-5-6-14-18(27(45)39(26(14)44)8-2-3-17(42)43)15(13)10-30(32)28(46)40(29(47)31(19,30)33)25-23(37)21(35)20(34)22(36)24(25)38/h4-5,7,9,14-15,18-19,41H,2-3,6,8,10H2,1H3,(H,42,43)/t14-,15+,18-,19-,30+,31-/m0/s1. The topological polar surface area (TPSA) is 132 Å². The van der Waals surface area contributed by atoms with Crippen LogP contribution in [0.25, 0.3) is 0 Å². The molecule has 4 aliphatic rings. The summed E-state index contributed by atoms with van der Waals surface area (Å²) in [7, 11) is 0. The molecule has 248 valence electrons. The number of carbonyl (C=O) groups excluding carboxylic acids is 4. The number of phenolic OH excluding ortho intramolecular Hbond substituents is 1. The molecule has 2 aliphatic carbocycles. The largest absolute Gasteiger partial charge is 0.508 e. The van der Waals surface area contributed by atoms with Crippen LogP contribution in [-0.2, 0) is 24.0 Å². The van der Waals surface area contributed by atoms with Crippen molar-refractivity contribution in [3.05, 3.63) is 70.1 Å². The van der Waals surface area contributed by atoms with Gasteiger partial charge in [0.25, 0.3) is 11.8 Å². The third-order valence-corrected chi connectivity index (χ3v) is 11.1. The average Bonchev–Trinajstić information content (AvgIpc) is 3.34. The van der Waals surface area contributed by atoms with Crippen molar-refractivity contribution in [1.29, 1.82) is 0 Å². The molecule has 0 aromatic heterocycles. The first-order valence-corrected chi connectivity index (χ1v) is 15.1. The second-order valence-electron chi connectivity index (χ2n) is 12.1. The van der Waals surface area contributed by atoms with Gasteiger partial charge in [-0.25, -0.2) is 26.9 Å². The number of fused-ring (bicyclic) bond motifs is 4. The summed E-state index contributed by atoms with van der Waals surface area (Å²) in [6, 6.07) is 3.98. The van der Waals surface area contributed by atoms with E-state index in [1.165, 1.54) is 25.1 Å². The molecule has 3 fully saturated rings. The number of phenols is 1. The van der Waals surface area contributed by atoms with E-state index in [4.69, 9.17) is 28.3 Å². The number of alkyl halides is 2. The Hall–Kier alpha value is -4.04. The van der Waals surface area contributed by atoms with Gasteiger partial charge in [0.1, 0.15) is 11.4 Å². The lowest BCUT2D eigenvalue weighted by Gasteiger charge is -2.50. The molecule has 2 aromatic carbocycles. The van der Waals surface area contributed by atoms with Gasteiger partial charge in [0.05, 0.1) is 11.8 Å². The van der Waals surface area contributed by atoms with Crippen molar-refractivity contribution in [2.24, 2.45) is 17.8 Å². The number of nitrogens with zero attached hydrogens (tertiary/aromatic N) is 2. The minimum atomic E-state index is -2.67. The van der Waals surface area contributed by atoms with E-state index in [9.17, 15) is 42.3 Å².